The lowest BCUT2D eigenvalue weighted by Gasteiger charge is -2.28. The number of hydrogen-bond donors (Lipinski definition) is 3. The van der Waals surface area contributed by atoms with Gasteiger partial charge in [0.25, 0.3) is 0 Å². The van der Waals surface area contributed by atoms with Crippen molar-refractivity contribution in [2.45, 2.75) is 11.5 Å². The standard InChI is InChI=1S/C27H24O2P.C18H15P.C13H11NO2S.3C12H9NO2S.C9H9BrO2.C4H3NOS.BrH/c1-29-27(28)23-13-11-12-22(20-23)21-30(24-14-5-2-6-15-24,25-16-7-3-8-17-25)26-18-9-4-10-19-26;1-4-10-16(11-5-1)19(17-12-6-2-7-13-17)18-14-8-3-9-15-18;1-16-13(15)11-4-2-3-10(9-11)5-6-12-14-7-8-17-12;3*14-12(15)10-3-1-2-9(8-10)4-5-11-13-6-7-16-11;1-12-9(11)8-4-2-3-7(5-8)6-10;6-3-4-5-1-2-7-4;/h2-20H,21H2,1H3;1-15H;2-9H,1H3;3*1-8H,(H,14,15);2-5H,6H2,1H3;1-3H;1H/q+1;;;;;;;;/p-1/b;;6-5+;2*5-4+;5-4-;;;. The summed E-state index contributed by atoms with van der Waals surface area (Å²) in [6.45, 7) is 0. The first-order chi connectivity index (χ1) is 64.9. The number of methoxy groups -OCH3 is 3. The minimum atomic E-state index is -1.99. The van der Waals surface area contributed by atoms with E-state index in [1.54, 1.807) is 127 Å². The summed E-state index contributed by atoms with van der Waals surface area (Å²) < 4.78 is 14.2. The Morgan fingerprint density at radius 3 is 0.813 bits per heavy atom. The minimum absolute atomic E-state index is 0. The number of carbonyl (C=O) groups excluding carboxylic acids is 4. The number of aromatic carboxylic acids is 3. The summed E-state index contributed by atoms with van der Waals surface area (Å²) in [5.74, 6) is -3.66. The first-order valence-corrected chi connectivity index (χ1v) is 49.5. The number of carbonyl (C=O) groups is 7. The van der Waals surface area contributed by atoms with Crippen LogP contribution < -0.4 is 48.8 Å². The number of rotatable bonds is 24. The maximum atomic E-state index is 12.1. The molecule has 5 aromatic heterocycles. The van der Waals surface area contributed by atoms with Crippen molar-refractivity contribution in [2.24, 2.45) is 0 Å². The van der Waals surface area contributed by atoms with Gasteiger partial charge >= 0.3 is 35.8 Å². The molecule has 0 spiro atoms. The summed E-state index contributed by atoms with van der Waals surface area (Å²) in [6.07, 6.45) is 25.1. The Morgan fingerprint density at radius 1 is 0.313 bits per heavy atom. The molecule has 0 fully saturated rings. The fourth-order valence-corrected chi connectivity index (χ4v) is 21.9. The molecule has 0 amide bonds. The Balaban J connectivity index is 0.000000176. The Labute approximate surface area is 818 Å². The predicted octanol–water partition coefficient (Wildman–Crippen LogP) is 20.9. The molecule has 18 nitrogen and oxygen atoms in total. The zero-order valence-corrected chi connectivity index (χ0v) is 81.5. The highest BCUT2D eigenvalue weighted by Gasteiger charge is 2.45. The van der Waals surface area contributed by atoms with Crippen molar-refractivity contribution in [1.82, 2.24) is 24.9 Å². The van der Waals surface area contributed by atoms with Crippen molar-refractivity contribution >= 4 is 210 Å². The van der Waals surface area contributed by atoms with Gasteiger partial charge < -0.3 is 46.5 Å². The highest BCUT2D eigenvalue weighted by Crippen LogP contribution is 2.58. The van der Waals surface area contributed by atoms with Crippen LogP contribution in [0.3, 0.4) is 0 Å². The molecule has 5 heterocycles. The SMILES string of the molecule is COC(=O)c1cccc(/C=C/c2nccs2)c1.COC(=O)c1cccc(CBr)c1.COC(=O)c1cccc(C[P+](c2ccccc2)(c2ccccc2)c2ccccc2)c1.O=C(O)c1cccc(/C=C/c2nccs2)c1.O=C(O)c1cccc(/C=C/c2nccs2)c1.O=C(O)c1cccc(/C=C\c2nccs2)c1.O=Cc1nccs1.[Br-].c1ccc(P(c2ccccc2)c2ccccc2)cc1. The Morgan fingerprint density at radius 2 is 0.560 bits per heavy atom. The van der Waals surface area contributed by atoms with E-state index >= 15 is 0 Å². The molecule has 0 saturated carbocycles. The summed E-state index contributed by atoms with van der Waals surface area (Å²) in [6, 6.07) is 107. The van der Waals surface area contributed by atoms with Crippen LogP contribution in [0.2, 0.25) is 0 Å². The molecule has 0 radical (unpaired) electrons. The predicted molar refractivity (Wildman–Crippen MR) is 552 cm³/mol. The molecule has 134 heavy (non-hydrogen) atoms. The fraction of sp³-hybridized carbons (Fsp3) is 0.0467. The molecule has 0 bridgehead atoms. The molecule has 0 aliphatic heterocycles. The lowest BCUT2D eigenvalue weighted by atomic mass is 10.1. The number of thiazole rings is 5. The molecule has 12 aromatic carbocycles. The molecule has 3 N–H and O–H groups in total. The van der Waals surface area contributed by atoms with E-state index in [0.717, 1.165) is 71.2 Å². The highest BCUT2D eigenvalue weighted by molar-refractivity contribution is 9.08. The van der Waals surface area contributed by atoms with Gasteiger partial charge in [-0.3, -0.25) is 4.79 Å². The molecule has 0 saturated heterocycles. The van der Waals surface area contributed by atoms with E-state index in [9.17, 15) is 33.6 Å². The molecular formula is C107H89Br2N5O13P2S5. The van der Waals surface area contributed by atoms with Crippen LogP contribution in [-0.2, 0) is 25.7 Å². The first kappa shape index (κ1) is 104. The number of carboxylic acids is 3. The third-order valence-corrected chi connectivity index (χ3v) is 29.8. The van der Waals surface area contributed by atoms with E-state index in [1.807, 2.05) is 131 Å². The van der Waals surface area contributed by atoms with E-state index in [0.29, 0.717) is 38.4 Å². The Bertz CT molecular complexity index is 6130. The van der Waals surface area contributed by atoms with Crippen molar-refractivity contribution < 1.29 is 80.1 Å². The number of carboxylic acid groups (broad SMARTS) is 3. The van der Waals surface area contributed by atoms with E-state index in [1.165, 1.54) is 98.5 Å². The number of hydrogen-bond acceptors (Lipinski definition) is 20. The molecular weight excluding hydrogens is 1950 g/mol. The van der Waals surface area contributed by atoms with Crippen LogP contribution in [0.5, 0.6) is 0 Å². The van der Waals surface area contributed by atoms with Crippen LogP contribution in [0, 0.1) is 0 Å². The summed E-state index contributed by atoms with van der Waals surface area (Å²) in [7, 11) is 1.74. The maximum absolute atomic E-state index is 12.1. The van der Waals surface area contributed by atoms with E-state index in [-0.39, 0.29) is 34.9 Å². The summed E-state index contributed by atoms with van der Waals surface area (Å²) in [5.41, 5.74) is 8.32. The molecule has 0 atom stereocenters. The Kier molecular flexibility index (Phi) is 44.4. The molecule has 674 valence electrons. The van der Waals surface area contributed by atoms with Gasteiger partial charge in [-0.1, -0.05) is 259 Å². The van der Waals surface area contributed by atoms with E-state index < -0.39 is 33.1 Å². The number of benzene rings is 12. The third kappa shape index (κ3) is 34.0. The average Bonchev–Trinajstić information content (AvgIpc) is 1.04. The highest BCUT2D eigenvalue weighted by atomic mass is 79.9. The number of esters is 3. The second kappa shape index (κ2) is 57.4. The van der Waals surface area contributed by atoms with Gasteiger partial charge in [-0.15, -0.1) is 56.7 Å². The quantitative estimate of drug-likeness (QED) is 0.0167. The Hall–Kier alpha value is -13.9. The van der Waals surface area contributed by atoms with Gasteiger partial charge in [0.15, 0.2) is 11.3 Å². The molecule has 0 aliphatic rings. The average molecular weight is 2040 g/mol. The summed E-state index contributed by atoms with van der Waals surface area (Å²) in [5, 5.41) is 49.0. The van der Waals surface area contributed by atoms with Gasteiger partial charge in [-0.05, 0) is 191 Å². The first-order valence-electron chi connectivity index (χ1n) is 40.7. The van der Waals surface area contributed by atoms with Gasteiger partial charge in [0.05, 0.1) is 60.9 Å². The van der Waals surface area contributed by atoms with Crippen LogP contribution in [0.25, 0.3) is 48.6 Å². The number of halogens is 2. The van der Waals surface area contributed by atoms with Crippen molar-refractivity contribution in [3.63, 3.8) is 0 Å². The zero-order chi connectivity index (χ0) is 94.0. The lowest BCUT2D eigenvalue weighted by Crippen LogP contribution is -3.00. The number of alkyl halides is 1. The molecule has 0 aliphatic carbocycles. The lowest BCUT2D eigenvalue weighted by molar-refractivity contribution is -0.000111. The van der Waals surface area contributed by atoms with E-state index in [4.69, 9.17) is 20.1 Å². The van der Waals surface area contributed by atoms with Gasteiger partial charge in [0, 0.05) is 63.2 Å². The van der Waals surface area contributed by atoms with Crippen molar-refractivity contribution in [3.8, 4) is 0 Å². The molecule has 17 rings (SSSR count). The fourth-order valence-electron chi connectivity index (χ4n) is 12.5. The number of ether oxygens (including phenoxy) is 3. The largest absolute Gasteiger partial charge is 1.00 e. The third-order valence-electron chi connectivity index (χ3n) is 18.6. The van der Waals surface area contributed by atoms with Crippen LogP contribution in [0.15, 0.2) is 385 Å². The molecule has 27 heteroatoms. The topological polar surface area (TPSA) is 272 Å². The van der Waals surface area contributed by atoms with Crippen molar-refractivity contribution in [1.29, 1.82) is 0 Å². The normalized spacial score (nSPS) is 10.5. The van der Waals surface area contributed by atoms with Crippen LogP contribution in [0.1, 0.15) is 125 Å². The van der Waals surface area contributed by atoms with Crippen LogP contribution >= 0.6 is 87.8 Å². The number of aromatic nitrogens is 5. The van der Waals surface area contributed by atoms with Gasteiger partial charge in [-0.25, -0.2) is 53.7 Å². The van der Waals surface area contributed by atoms with Crippen molar-refractivity contribution in [2.75, 3.05) is 21.3 Å². The van der Waals surface area contributed by atoms with Gasteiger partial charge in [0.1, 0.15) is 43.2 Å². The van der Waals surface area contributed by atoms with Gasteiger partial charge in [0.2, 0.25) is 0 Å². The van der Waals surface area contributed by atoms with Gasteiger partial charge in [-0.2, -0.15) is 0 Å². The number of aldehydes is 1. The minimum Gasteiger partial charge on any atom is -1.00 e. The van der Waals surface area contributed by atoms with Crippen molar-refractivity contribution in [3.05, 3.63) is 477 Å². The van der Waals surface area contributed by atoms with Crippen LogP contribution in [-0.4, -0.2) is 104 Å². The maximum Gasteiger partial charge on any atom is 0.337 e. The summed E-state index contributed by atoms with van der Waals surface area (Å²) in [4.78, 5) is 96.7. The molecule has 0 unspecified atom stereocenters. The monoisotopic (exact) mass is 2030 g/mol. The second-order valence-electron chi connectivity index (χ2n) is 27.5. The summed E-state index contributed by atoms with van der Waals surface area (Å²) >= 11 is 10.8. The number of nitrogens with zero attached hydrogens (tertiary/aromatic N) is 5. The van der Waals surface area contributed by atoms with Crippen LogP contribution in [0.4, 0.5) is 0 Å². The second-order valence-corrected chi connectivity index (χ2v) is 38.4. The zero-order valence-electron chi connectivity index (χ0n) is 72.4. The molecule has 17 aromatic rings. The van der Waals surface area contributed by atoms with E-state index in [2.05, 4.69) is 238 Å². The smallest absolute Gasteiger partial charge is 0.337 e.